The number of ether oxygens (including phenoxy) is 1. The molecule has 1 aromatic heterocycles. The first kappa shape index (κ1) is 14.0. The van der Waals surface area contributed by atoms with Gasteiger partial charge < -0.3 is 10.1 Å². The van der Waals surface area contributed by atoms with E-state index in [9.17, 15) is 0 Å². The van der Waals surface area contributed by atoms with Crippen LogP contribution in [0.15, 0.2) is 35.8 Å². The van der Waals surface area contributed by atoms with Crippen LogP contribution in [-0.4, -0.2) is 24.7 Å². The molecule has 4 heteroatoms. The Morgan fingerprint density at radius 1 is 1.26 bits per heavy atom. The summed E-state index contributed by atoms with van der Waals surface area (Å²) in [7, 11) is 1.74. The lowest BCUT2D eigenvalue weighted by molar-refractivity contribution is 0.171. The molecule has 3 nitrogen and oxygen atoms in total. The van der Waals surface area contributed by atoms with Crippen LogP contribution in [0.5, 0.6) is 0 Å². The molecule has 0 bridgehead atoms. The maximum Gasteiger partial charge on any atom is 0.123 e. The Morgan fingerprint density at radius 2 is 2.00 bits per heavy atom. The Kier molecular flexibility index (Phi) is 4.93. The van der Waals surface area contributed by atoms with Crippen molar-refractivity contribution in [1.29, 1.82) is 0 Å². The van der Waals surface area contributed by atoms with Crippen molar-refractivity contribution in [1.82, 2.24) is 4.98 Å². The molecule has 0 aliphatic heterocycles. The molecule has 1 atom stereocenters. The van der Waals surface area contributed by atoms with Gasteiger partial charge in [0, 0.05) is 29.9 Å². The predicted molar refractivity (Wildman–Crippen MR) is 81.7 cm³/mol. The fourth-order valence-corrected chi connectivity index (χ4v) is 2.51. The summed E-state index contributed by atoms with van der Waals surface area (Å²) in [6.45, 7) is 5.10. The van der Waals surface area contributed by atoms with Crippen molar-refractivity contribution >= 4 is 17.0 Å². The van der Waals surface area contributed by atoms with E-state index in [0.717, 1.165) is 16.3 Å². The number of methoxy groups -OCH3 is 1. The monoisotopic (exact) mass is 276 g/mol. The third kappa shape index (κ3) is 3.78. The van der Waals surface area contributed by atoms with Crippen LogP contribution in [0.25, 0.3) is 10.6 Å². The van der Waals surface area contributed by atoms with Crippen LogP contribution in [0.1, 0.15) is 13.8 Å². The molecule has 0 amide bonds. The number of hydrogen-bond acceptors (Lipinski definition) is 4. The highest BCUT2D eigenvalue weighted by molar-refractivity contribution is 7.13. The molecule has 2 aromatic rings. The van der Waals surface area contributed by atoms with Gasteiger partial charge in [0.05, 0.1) is 12.6 Å². The highest BCUT2D eigenvalue weighted by Gasteiger charge is 2.12. The number of nitrogens with zero attached hydrogens (tertiary/aromatic N) is 1. The van der Waals surface area contributed by atoms with Crippen molar-refractivity contribution in [2.45, 2.75) is 19.9 Å². The molecular weight excluding hydrogens is 256 g/mol. The van der Waals surface area contributed by atoms with E-state index >= 15 is 0 Å². The van der Waals surface area contributed by atoms with Gasteiger partial charge in [0.1, 0.15) is 5.01 Å². The summed E-state index contributed by atoms with van der Waals surface area (Å²) in [5.74, 6) is 0.526. The summed E-state index contributed by atoms with van der Waals surface area (Å²) in [5.41, 5.74) is 2.28. The fourth-order valence-electron chi connectivity index (χ4n) is 1.87. The Labute approximate surface area is 118 Å². The van der Waals surface area contributed by atoms with Crippen molar-refractivity contribution < 1.29 is 4.74 Å². The van der Waals surface area contributed by atoms with Gasteiger partial charge in [-0.15, -0.1) is 11.3 Å². The topological polar surface area (TPSA) is 34.1 Å². The highest BCUT2D eigenvalue weighted by Crippen LogP contribution is 2.23. The zero-order chi connectivity index (χ0) is 13.7. The van der Waals surface area contributed by atoms with E-state index in [2.05, 4.69) is 48.4 Å². The SMILES string of the molecule is COCC(Nc1ccc(-c2nccs2)cc1)C(C)C. The molecule has 2 rings (SSSR count). The van der Waals surface area contributed by atoms with Crippen molar-refractivity contribution in [3.8, 4) is 10.6 Å². The van der Waals surface area contributed by atoms with Crippen LogP contribution < -0.4 is 5.32 Å². The Morgan fingerprint density at radius 3 is 2.53 bits per heavy atom. The average Bonchev–Trinajstić information content (AvgIpc) is 2.93. The van der Waals surface area contributed by atoms with Gasteiger partial charge in [0.25, 0.3) is 0 Å². The van der Waals surface area contributed by atoms with E-state index in [0.29, 0.717) is 18.6 Å². The quantitative estimate of drug-likeness (QED) is 0.869. The number of nitrogens with one attached hydrogen (secondary N) is 1. The zero-order valence-electron chi connectivity index (χ0n) is 11.6. The minimum absolute atomic E-state index is 0.329. The molecule has 0 spiro atoms. The first-order chi connectivity index (χ1) is 9.20. The molecule has 0 fully saturated rings. The predicted octanol–water partition coefficient (Wildman–Crippen LogP) is 3.89. The Balaban J connectivity index is 2.06. The summed E-state index contributed by atoms with van der Waals surface area (Å²) >= 11 is 1.66. The molecule has 19 heavy (non-hydrogen) atoms. The number of aromatic nitrogens is 1. The van der Waals surface area contributed by atoms with Crippen molar-refractivity contribution in [3.63, 3.8) is 0 Å². The molecule has 0 saturated heterocycles. The lowest BCUT2D eigenvalue weighted by atomic mass is 10.0. The zero-order valence-corrected chi connectivity index (χ0v) is 12.4. The van der Waals surface area contributed by atoms with Crippen molar-refractivity contribution in [3.05, 3.63) is 35.8 Å². The number of thiazole rings is 1. The maximum atomic E-state index is 5.25. The molecule has 1 heterocycles. The second-order valence-corrected chi connectivity index (χ2v) is 5.76. The van der Waals surface area contributed by atoms with E-state index in [-0.39, 0.29) is 0 Å². The molecule has 102 valence electrons. The van der Waals surface area contributed by atoms with Crippen molar-refractivity contribution in [2.24, 2.45) is 5.92 Å². The molecule has 1 N–H and O–H groups in total. The molecule has 0 aliphatic rings. The van der Waals surface area contributed by atoms with Crippen LogP contribution in [0.3, 0.4) is 0 Å². The summed E-state index contributed by atoms with van der Waals surface area (Å²) in [6, 6.07) is 8.73. The largest absolute Gasteiger partial charge is 0.383 e. The van der Waals surface area contributed by atoms with Gasteiger partial charge in [-0.05, 0) is 30.2 Å². The van der Waals surface area contributed by atoms with E-state index in [1.807, 2.05) is 11.6 Å². The molecule has 0 radical (unpaired) electrons. The van der Waals surface area contributed by atoms with E-state index < -0.39 is 0 Å². The molecule has 0 aliphatic carbocycles. The molecule has 0 saturated carbocycles. The number of hydrogen-bond donors (Lipinski definition) is 1. The molecule has 1 aromatic carbocycles. The minimum atomic E-state index is 0.329. The first-order valence-corrected chi connectivity index (χ1v) is 7.34. The van der Waals surface area contributed by atoms with Gasteiger partial charge in [0.2, 0.25) is 0 Å². The van der Waals surface area contributed by atoms with Gasteiger partial charge in [-0.2, -0.15) is 0 Å². The minimum Gasteiger partial charge on any atom is -0.383 e. The van der Waals surface area contributed by atoms with Crippen LogP contribution >= 0.6 is 11.3 Å². The smallest absolute Gasteiger partial charge is 0.123 e. The molecule has 1 unspecified atom stereocenters. The second kappa shape index (κ2) is 6.68. The number of anilines is 1. The maximum absolute atomic E-state index is 5.25. The average molecular weight is 276 g/mol. The fraction of sp³-hybridized carbons (Fsp3) is 0.400. The Hall–Kier alpha value is -1.39. The number of rotatable bonds is 6. The summed E-state index contributed by atoms with van der Waals surface area (Å²) in [6.07, 6.45) is 1.83. The normalized spacial score (nSPS) is 12.6. The van der Waals surface area contributed by atoms with Gasteiger partial charge in [-0.3, -0.25) is 0 Å². The van der Waals surface area contributed by atoms with Crippen LogP contribution in [0.2, 0.25) is 0 Å². The van der Waals surface area contributed by atoms with Crippen LogP contribution in [0.4, 0.5) is 5.69 Å². The van der Waals surface area contributed by atoms with Crippen molar-refractivity contribution in [2.75, 3.05) is 19.0 Å². The van der Waals surface area contributed by atoms with E-state index in [1.165, 1.54) is 0 Å². The lowest BCUT2D eigenvalue weighted by Crippen LogP contribution is -2.30. The molecular formula is C15H20N2OS. The van der Waals surface area contributed by atoms with Crippen LogP contribution in [-0.2, 0) is 4.74 Å². The van der Waals surface area contributed by atoms with E-state index in [4.69, 9.17) is 4.74 Å². The summed E-state index contributed by atoms with van der Waals surface area (Å²) in [5, 5.41) is 6.56. The first-order valence-electron chi connectivity index (χ1n) is 6.46. The third-order valence-corrected chi connectivity index (χ3v) is 3.89. The highest BCUT2D eigenvalue weighted by atomic mass is 32.1. The standard InChI is InChI=1S/C15H20N2OS/c1-11(2)14(10-18-3)17-13-6-4-12(5-7-13)15-16-8-9-19-15/h4-9,11,14,17H,10H2,1-3H3. The van der Waals surface area contributed by atoms with Gasteiger partial charge in [-0.1, -0.05) is 13.8 Å². The van der Waals surface area contributed by atoms with Gasteiger partial charge in [0.15, 0.2) is 0 Å². The van der Waals surface area contributed by atoms with Gasteiger partial charge in [-0.25, -0.2) is 4.98 Å². The van der Waals surface area contributed by atoms with Crippen LogP contribution in [0, 0.1) is 5.92 Å². The number of benzene rings is 1. The summed E-state index contributed by atoms with van der Waals surface area (Å²) in [4.78, 5) is 4.31. The van der Waals surface area contributed by atoms with E-state index in [1.54, 1.807) is 18.4 Å². The van der Waals surface area contributed by atoms with Gasteiger partial charge >= 0.3 is 0 Å². The second-order valence-electron chi connectivity index (χ2n) is 4.86. The summed E-state index contributed by atoms with van der Waals surface area (Å²) < 4.78 is 5.25. The third-order valence-electron chi connectivity index (χ3n) is 3.07. The Bertz CT molecular complexity index is 479. The lowest BCUT2D eigenvalue weighted by Gasteiger charge is -2.22.